The first-order valence-electron chi connectivity index (χ1n) is 8.73. The minimum atomic E-state index is -0.326. The summed E-state index contributed by atoms with van der Waals surface area (Å²) in [5.41, 5.74) is 2.34. The van der Waals surface area contributed by atoms with Crippen molar-refractivity contribution in [3.8, 4) is 11.4 Å². The molecule has 0 spiro atoms. The van der Waals surface area contributed by atoms with Crippen molar-refractivity contribution in [1.29, 1.82) is 0 Å². The molecule has 0 saturated carbocycles. The van der Waals surface area contributed by atoms with Gasteiger partial charge >= 0.3 is 0 Å². The molecule has 1 N–H and O–H groups in total. The molecule has 0 atom stereocenters. The number of amides is 1. The first-order valence-corrected chi connectivity index (χ1v) is 10.5. The molecule has 0 aliphatic carbocycles. The van der Waals surface area contributed by atoms with Crippen molar-refractivity contribution < 1.29 is 9.53 Å². The number of aromatic nitrogens is 4. The Labute approximate surface area is 175 Å². The third-order valence-corrected chi connectivity index (χ3v) is 6.03. The summed E-state index contributed by atoms with van der Waals surface area (Å²) in [7, 11) is 1.62. The van der Waals surface area contributed by atoms with Crippen LogP contribution in [0, 0.1) is 0 Å². The van der Waals surface area contributed by atoms with E-state index >= 15 is 0 Å². The average molecular weight is 424 g/mol. The Kier molecular flexibility index (Phi) is 5.87. The van der Waals surface area contributed by atoms with Gasteiger partial charge < -0.3 is 4.74 Å². The third-order valence-electron chi connectivity index (χ3n) is 3.99. The molecular weight excluding hydrogens is 406 g/mol. The largest absolute Gasteiger partial charge is 0.497 e. The van der Waals surface area contributed by atoms with E-state index in [-0.39, 0.29) is 5.91 Å². The summed E-state index contributed by atoms with van der Waals surface area (Å²) in [5, 5.41) is 15.7. The Hall–Kier alpha value is -3.17. The van der Waals surface area contributed by atoms with Crippen LogP contribution in [0.4, 0.5) is 5.13 Å². The lowest BCUT2D eigenvalue weighted by molar-refractivity contribution is 0.102. The lowest BCUT2D eigenvalue weighted by atomic mass is 10.2. The summed E-state index contributed by atoms with van der Waals surface area (Å²) < 4.78 is 7.59. The van der Waals surface area contributed by atoms with Crippen molar-refractivity contribution >= 4 is 34.1 Å². The number of benzene rings is 2. The van der Waals surface area contributed by atoms with Gasteiger partial charge in [-0.2, -0.15) is 5.10 Å². The highest BCUT2D eigenvalue weighted by molar-refractivity contribution is 8.00. The van der Waals surface area contributed by atoms with E-state index in [4.69, 9.17) is 4.74 Å². The molecule has 4 rings (SSSR count). The van der Waals surface area contributed by atoms with Gasteiger partial charge in [-0.3, -0.25) is 10.1 Å². The zero-order valence-electron chi connectivity index (χ0n) is 15.5. The number of nitrogens with one attached hydrogen (secondary N) is 1. The summed E-state index contributed by atoms with van der Waals surface area (Å²) in [6.45, 7) is 0. The number of methoxy groups -OCH3 is 1. The van der Waals surface area contributed by atoms with E-state index in [0.29, 0.717) is 10.8 Å². The van der Waals surface area contributed by atoms with Gasteiger partial charge in [0, 0.05) is 11.9 Å². The highest BCUT2D eigenvalue weighted by atomic mass is 32.2. The van der Waals surface area contributed by atoms with Gasteiger partial charge in [0.1, 0.15) is 5.75 Å². The predicted octanol–water partition coefficient (Wildman–Crippen LogP) is 4.28. The highest BCUT2D eigenvalue weighted by Gasteiger charge is 2.14. The summed E-state index contributed by atoms with van der Waals surface area (Å²) >= 11 is 2.93. The fourth-order valence-corrected chi connectivity index (χ4v) is 4.23. The second kappa shape index (κ2) is 8.89. The number of ether oxygens (including phenoxy) is 1. The zero-order valence-corrected chi connectivity index (χ0v) is 17.1. The van der Waals surface area contributed by atoms with Gasteiger partial charge in [-0.15, -0.1) is 10.2 Å². The number of hydrogen-bond acceptors (Lipinski definition) is 7. The van der Waals surface area contributed by atoms with E-state index in [2.05, 4.69) is 32.7 Å². The quantitative estimate of drug-likeness (QED) is 0.353. The minimum Gasteiger partial charge on any atom is -0.497 e. The van der Waals surface area contributed by atoms with Gasteiger partial charge in [-0.1, -0.05) is 53.4 Å². The van der Waals surface area contributed by atoms with Crippen LogP contribution in [0.1, 0.15) is 16.1 Å². The van der Waals surface area contributed by atoms with E-state index < -0.39 is 0 Å². The van der Waals surface area contributed by atoms with E-state index in [1.54, 1.807) is 35.8 Å². The molecule has 29 heavy (non-hydrogen) atoms. The summed E-state index contributed by atoms with van der Waals surface area (Å²) in [6, 6.07) is 19.2. The minimum absolute atomic E-state index is 0.300. The molecule has 0 unspecified atom stereocenters. The Morgan fingerprint density at radius 1 is 1.10 bits per heavy atom. The van der Waals surface area contributed by atoms with Gasteiger partial charge in [-0.25, -0.2) is 4.68 Å². The molecule has 2 heterocycles. The molecule has 7 nitrogen and oxygen atoms in total. The Balaban J connectivity index is 1.37. The number of thioether (sulfide) groups is 1. The van der Waals surface area contributed by atoms with Crippen LogP contribution in [-0.2, 0) is 5.75 Å². The topological polar surface area (TPSA) is 81.9 Å². The van der Waals surface area contributed by atoms with Crippen molar-refractivity contribution in [2.75, 3.05) is 12.4 Å². The van der Waals surface area contributed by atoms with Crippen molar-refractivity contribution in [2.45, 2.75) is 10.1 Å². The van der Waals surface area contributed by atoms with Crippen molar-refractivity contribution in [1.82, 2.24) is 20.0 Å². The van der Waals surface area contributed by atoms with E-state index in [0.717, 1.165) is 21.5 Å². The van der Waals surface area contributed by atoms with Gasteiger partial charge in [0.25, 0.3) is 5.91 Å². The van der Waals surface area contributed by atoms with Crippen molar-refractivity contribution in [2.24, 2.45) is 0 Å². The number of nitrogens with zero attached hydrogens (tertiary/aromatic N) is 4. The zero-order chi connectivity index (χ0) is 20.1. The summed E-state index contributed by atoms with van der Waals surface area (Å²) in [5.74, 6) is 1.24. The molecule has 0 aliphatic heterocycles. The molecule has 146 valence electrons. The lowest BCUT2D eigenvalue weighted by Gasteiger charge is -2.03. The van der Waals surface area contributed by atoms with Gasteiger partial charge in [0.05, 0.1) is 12.8 Å². The normalized spacial score (nSPS) is 10.7. The van der Waals surface area contributed by atoms with E-state index in [1.807, 2.05) is 42.5 Å². The average Bonchev–Trinajstić information content (AvgIpc) is 3.43. The van der Waals surface area contributed by atoms with Gasteiger partial charge in [-0.05, 0) is 35.9 Å². The van der Waals surface area contributed by atoms with Crippen LogP contribution in [0.3, 0.4) is 0 Å². The standard InChI is InChI=1S/C20H17N5O2S2/c1-27-16-9-7-15(8-10-16)25-12-11-17(24-25)18(26)21-19-22-23-20(29-19)28-13-14-5-3-2-4-6-14/h2-12H,13H2,1H3,(H,21,22,26). The number of carbonyl (C=O) groups is 1. The first-order chi connectivity index (χ1) is 14.2. The van der Waals surface area contributed by atoms with Crippen molar-refractivity contribution in [3.05, 3.63) is 78.1 Å². The second-order valence-electron chi connectivity index (χ2n) is 5.95. The molecular formula is C20H17N5O2S2. The molecule has 2 aromatic carbocycles. The maximum absolute atomic E-state index is 12.5. The number of rotatable bonds is 7. The van der Waals surface area contributed by atoms with Crippen LogP contribution in [0.15, 0.2) is 71.2 Å². The first kappa shape index (κ1) is 19.2. The van der Waals surface area contributed by atoms with Crippen LogP contribution < -0.4 is 10.1 Å². The Morgan fingerprint density at radius 2 is 1.90 bits per heavy atom. The maximum atomic E-state index is 12.5. The van der Waals surface area contributed by atoms with Crippen molar-refractivity contribution in [3.63, 3.8) is 0 Å². The molecule has 0 saturated heterocycles. The Morgan fingerprint density at radius 3 is 2.66 bits per heavy atom. The van der Waals surface area contributed by atoms with E-state index in [9.17, 15) is 4.79 Å². The molecule has 1 amide bonds. The molecule has 9 heteroatoms. The Bertz CT molecular complexity index is 1090. The third kappa shape index (κ3) is 4.82. The maximum Gasteiger partial charge on any atom is 0.277 e. The van der Waals surface area contributed by atoms with Crippen LogP contribution in [-0.4, -0.2) is 33.0 Å². The number of hydrogen-bond donors (Lipinski definition) is 1. The van der Waals surface area contributed by atoms with Crippen LogP contribution in [0.25, 0.3) is 5.69 Å². The SMILES string of the molecule is COc1ccc(-n2ccc(C(=O)Nc3nnc(SCc4ccccc4)s3)n2)cc1. The fraction of sp³-hybridized carbons (Fsp3) is 0.100. The molecule has 2 aromatic heterocycles. The summed E-state index contributed by atoms with van der Waals surface area (Å²) in [4.78, 5) is 12.5. The van der Waals surface area contributed by atoms with Crippen LogP contribution >= 0.6 is 23.1 Å². The smallest absolute Gasteiger partial charge is 0.277 e. The fourth-order valence-electron chi connectivity index (χ4n) is 2.52. The van der Waals surface area contributed by atoms with Gasteiger partial charge in [0.15, 0.2) is 10.0 Å². The molecule has 0 bridgehead atoms. The number of anilines is 1. The molecule has 4 aromatic rings. The molecule has 0 radical (unpaired) electrons. The second-order valence-corrected chi connectivity index (χ2v) is 8.15. The van der Waals surface area contributed by atoms with E-state index in [1.165, 1.54) is 16.9 Å². The monoisotopic (exact) mass is 423 g/mol. The highest BCUT2D eigenvalue weighted by Crippen LogP contribution is 2.28. The van der Waals surface area contributed by atoms with Crippen LogP contribution in [0.2, 0.25) is 0 Å². The summed E-state index contributed by atoms with van der Waals surface area (Å²) in [6.07, 6.45) is 1.73. The number of carbonyl (C=O) groups excluding carboxylic acids is 1. The molecule has 0 aliphatic rings. The predicted molar refractivity (Wildman–Crippen MR) is 114 cm³/mol. The lowest BCUT2D eigenvalue weighted by Crippen LogP contribution is -2.13. The van der Waals surface area contributed by atoms with Gasteiger partial charge in [0.2, 0.25) is 5.13 Å². The molecule has 0 fully saturated rings. The van der Waals surface area contributed by atoms with Crippen LogP contribution in [0.5, 0.6) is 5.75 Å².